The molecule has 1 saturated heterocycles. The van der Waals surface area contributed by atoms with Gasteiger partial charge in [-0.05, 0) is 43.5 Å². The van der Waals surface area contributed by atoms with Gasteiger partial charge in [0, 0.05) is 17.6 Å². The van der Waals surface area contributed by atoms with Crippen LogP contribution in [0.3, 0.4) is 0 Å². The molecule has 3 rings (SSSR count). The van der Waals surface area contributed by atoms with Crippen LogP contribution in [0.25, 0.3) is 0 Å². The highest BCUT2D eigenvalue weighted by Crippen LogP contribution is 2.31. The third kappa shape index (κ3) is 4.89. The summed E-state index contributed by atoms with van der Waals surface area (Å²) >= 11 is 6.06. The fourth-order valence-corrected chi connectivity index (χ4v) is 3.89. The molecule has 1 unspecified atom stereocenters. The van der Waals surface area contributed by atoms with Crippen molar-refractivity contribution in [1.29, 1.82) is 0 Å². The van der Waals surface area contributed by atoms with E-state index in [4.69, 9.17) is 11.6 Å². The van der Waals surface area contributed by atoms with E-state index < -0.39 is 23.4 Å². The number of nitrogens with one attached hydrogen (secondary N) is 2. The molecule has 1 aliphatic rings. The summed E-state index contributed by atoms with van der Waals surface area (Å²) in [6.45, 7) is 6.30. The molecule has 2 N–H and O–H groups in total. The van der Waals surface area contributed by atoms with Crippen LogP contribution in [0.15, 0.2) is 54.6 Å². The maximum absolute atomic E-state index is 13.2. The molecule has 0 aromatic heterocycles. The number of hydrogen-bond acceptors (Lipinski definition) is 4. The number of hydrazine groups is 1. The minimum atomic E-state index is -1.19. The van der Waals surface area contributed by atoms with Crippen LogP contribution in [0.4, 0.5) is 4.79 Å². The standard InChI is InChI=1S/C23H27ClN4O3/c1-4-23(18-10-6-5-7-11-18)21(30)28(22(31)25-23)26-20(29)15-27(16(2)3)14-17-9-8-12-19(24)13-17/h5-13,16H,4,14-15H2,1-3H3,(H,25,31)(H,26,29). The first-order valence-electron chi connectivity index (χ1n) is 10.3. The Morgan fingerprint density at radius 2 is 1.87 bits per heavy atom. The molecule has 0 saturated carbocycles. The SMILES string of the molecule is CCC1(c2ccccc2)NC(=O)N(NC(=O)CN(Cc2cccc(Cl)c2)C(C)C)C1=O. The lowest BCUT2D eigenvalue weighted by Crippen LogP contribution is -2.51. The van der Waals surface area contributed by atoms with Gasteiger partial charge in [-0.25, -0.2) is 4.79 Å². The van der Waals surface area contributed by atoms with Gasteiger partial charge in [-0.1, -0.05) is 61.0 Å². The average molecular weight is 443 g/mol. The summed E-state index contributed by atoms with van der Waals surface area (Å²) in [5.41, 5.74) is 2.94. The van der Waals surface area contributed by atoms with E-state index in [1.807, 2.05) is 62.1 Å². The number of halogens is 1. The summed E-state index contributed by atoms with van der Waals surface area (Å²) in [6.07, 6.45) is 0.362. The topological polar surface area (TPSA) is 81.8 Å². The van der Waals surface area contributed by atoms with E-state index in [2.05, 4.69) is 10.7 Å². The Balaban J connectivity index is 1.71. The Bertz CT molecular complexity index is 966. The van der Waals surface area contributed by atoms with E-state index in [0.29, 0.717) is 23.6 Å². The van der Waals surface area contributed by atoms with Crippen LogP contribution in [-0.4, -0.2) is 40.3 Å². The van der Waals surface area contributed by atoms with Crippen LogP contribution < -0.4 is 10.7 Å². The smallest absolute Gasteiger partial charge is 0.318 e. The minimum Gasteiger partial charge on any atom is -0.318 e. The van der Waals surface area contributed by atoms with Crippen molar-refractivity contribution >= 4 is 29.4 Å². The first-order chi connectivity index (χ1) is 14.8. The number of urea groups is 1. The second-order valence-electron chi connectivity index (χ2n) is 7.86. The molecule has 4 amide bonds. The number of benzene rings is 2. The summed E-state index contributed by atoms with van der Waals surface area (Å²) in [6, 6.07) is 15.9. The molecule has 0 spiro atoms. The first kappa shape index (κ1) is 22.8. The second kappa shape index (κ2) is 9.49. The van der Waals surface area contributed by atoms with Crippen molar-refractivity contribution in [1.82, 2.24) is 20.7 Å². The Morgan fingerprint density at radius 3 is 2.48 bits per heavy atom. The first-order valence-corrected chi connectivity index (χ1v) is 10.6. The molecule has 2 aromatic carbocycles. The predicted octanol–water partition coefficient (Wildman–Crippen LogP) is 3.44. The zero-order chi connectivity index (χ0) is 22.6. The lowest BCUT2D eigenvalue weighted by molar-refractivity contribution is -0.140. The highest BCUT2D eigenvalue weighted by Gasteiger charge is 2.52. The van der Waals surface area contributed by atoms with Crippen molar-refractivity contribution in [3.8, 4) is 0 Å². The van der Waals surface area contributed by atoms with Crippen LogP contribution in [0.5, 0.6) is 0 Å². The van der Waals surface area contributed by atoms with Crippen molar-refractivity contribution in [3.05, 3.63) is 70.7 Å². The molecule has 1 aliphatic heterocycles. The van der Waals surface area contributed by atoms with E-state index in [-0.39, 0.29) is 12.6 Å². The molecule has 1 heterocycles. The number of nitrogens with zero attached hydrogens (tertiary/aromatic N) is 2. The average Bonchev–Trinajstić information content (AvgIpc) is 2.99. The normalized spacial score (nSPS) is 18.6. The maximum Gasteiger partial charge on any atom is 0.344 e. The molecule has 0 bridgehead atoms. The van der Waals surface area contributed by atoms with E-state index >= 15 is 0 Å². The third-order valence-corrected chi connectivity index (χ3v) is 5.71. The summed E-state index contributed by atoms with van der Waals surface area (Å²) in [4.78, 5) is 40.4. The van der Waals surface area contributed by atoms with Crippen molar-refractivity contribution in [2.45, 2.75) is 45.3 Å². The number of amides is 4. The third-order valence-electron chi connectivity index (χ3n) is 5.48. The molecule has 0 aliphatic carbocycles. The van der Waals surface area contributed by atoms with Gasteiger partial charge in [0.05, 0.1) is 6.54 Å². The van der Waals surface area contributed by atoms with Gasteiger partial charge in [0.15, 0.2) is 0 Å². The van der Waals surface area contributed by atoms with Crippen LogP contribution >= 0.6 is 11.6 Å². The van der Waals surface area contributed by atoms with Gasteiger partial charge in [-0.15, -0.1) is 0 Å². The molecular formula is C23H27ClN4O3. The fraction of sp³-hybridized carbons (Fsp3) is 0.348. The Kier molecular flexibility index (Phi) is 6.97. The number of rotatable bonds is 8. The number of imide groups is 1. The molecule has 2 aromatic rings. The van der Waals surface area contributed by atoms with Gasteiger partial charge < -0.3 is 5.32 Å². The molecule has 1 atom stereocenters. The number of carbonyl (C=O) groups excluding carboxylic acids is 3. The number of carbonyl (C=O) groups is 3. The molecule has 164 valence electrons. The molecular weight excluding hydrogens is 416 g/mol. The predicted molar refractivity (Wildman–Crippen MR) is 119 cm³/mol. The van der Waals surface area contributed by atoms with E-state index in [0.717, 1.165) is 10.6 Å². The van der Waals surface area contributed by atoms with Gasteiger partial charge in [0.2, 0.25) is 0 Å². The monoisotopic (exact) mass is 442 g/mol. The zero-order valence-electron chi connectivity index (χ0n) is 17.9. The van der Waals surface area contributed by atoms with Crippen molar-refractivity contribution in [2.24, 2.45) is 0 Å². The van der Waals surface area contributed by atoms with E-state index in [1.54, 1.807) is 18.2 Å². The van der Waals surface area contributed by atoms with Crippen LogP contribution in [0.2, 0.25) is 5.02 Å². The highest BCUT2D eigenvalue weighted by molar-refractivity contribution is 6.30. The lowest BCUT2D eigenvalue weighted by atomic mass is 9.87. The second-order valence-corrected chi connectivity index (χ2v) is 8.30. The van der Waals surface area contributed by atoms with Crippen LogP contribution in [0.1, 0.15) is 38.3 Å². The summed E-state index contributed by atoms with van der Waals surface area (Å²) in [5, 5.41) is 4.17. The molecule has 7 nitrogen and oxygen atoms in total. The Hall–Kier alpha value is -2.90. The zero-order valence-corrected chi connectivity index (χ0v) is 18.6. The lowest BCUT2D eigenvalue weighted by Gasteiger charge is -2.27. The van der Waals surface area contributed by atoms with Gasteiger partial charge in [-0.2, -0.15) is 5.01 Å². The largest absolute Gasteiger partial charge is 0.344 e. The molecule has 0 radical (unpaired) electrons. The molecule has 8 heteroatoms. The summed E-state index contributed by atoms with van der Waals surface area (Å²) < 4.78 is 0. The van der Waals surface area contributed by atoms with Gasteiger partial charge in [0.1, 0.15) is 5.54 Å². The molecule has 1 fully saturated rings. The number of hydrogen-bond donors (Lipinski definition) is 2. The summed E-state index contributed by atoms with van der Waals surface area (Å²) in [5.74, 6) is -0.940. The van der Waals surface area contributed by atoms with E-state index in [1.165, 1.54) is 0 Å². The van der Waals surface area contributed by atoms with E-state index in [9.17, 15) is 14.4 Å². The van der Waals surface area contributed by atoms with Gasteiger partial charge >= 0.3 is 6.03 Å². The van der Waals surface area contributed by atoms with Crippen LogP contribution in [-0.2, 0) is 21.7 Å². The van der Waals surface area contributed by atoms with Gasteiger partial charge in [0.25, 0.3) is 11.8 Å². The summed E-state index contributed by atoms with van der Waals surface area (Å²) in [7, 11) is 0. The van der Waals surface area contributed by atoms with Crippen LogP contribution in [0, 0.1) is 0 Å². The highest BCUT2D eigenvalue weighted by atomic mass is 35.5. The Labute approximate surface area is 187 Å². The van der Waals surface area contributed by atoms with Gasteiger partial charge in [-0.3, -0.25) is 19.9 Å². The maximum atomic E-state index is 13.2. The fourth-order valence-electron chi connectivity index (χ4n) is 3.67. The van der Waals surface area contributed by atoms with Crippen molar-refractivity contribution in [2.75, 3.05) is 6.54 Å². The van der Waals surface area contributed by atoms with Crippen molar-refractivity contribution in [3.63, 3.8) is 0 Å². The Morgan fingerprint density at radius 1 is 1.16 bits per heavy atom. The molecule has 31 heavy (non-hydrogen) atoms. The minimum absolute atomic E-state index is 0.0195. The van der Waals surface area contributed by atoms with Crippen molar-refractivity contribution < 1.29 is 14.4 Å². The quantitative estimate of drug-likeness (QED) is 0.613.